The summed E-state index contributed by atoms with van der Waals surface area (Å²) in [7, 11) is -1.65. The van der Waals surface area contributed by atoms with Gasteiger partial charge in [-0.15, -0.1) is 11.3 Å². The summed E-state index contributed by atoms with van der Waals surface area (Å²) in [5, 5.41) is 1.80. The maximum absolute atomic E-state index is 12.6. The number of nitrogens with zero attached hydrogens (tertiary/aromatic N) is 2. The monoisotopic (exact) mass is 318 g/mol. The zero-order valence-electron chi connectivity index (χ0n) is 12.2. The molecule has 1 aliphatic heterocycles. The highest BCUT2D eigenvalue weighted by Crippen LogP contribution is 2.25. The van der Waals surface area contributed by atoms with Crippen molar-refractivity contribution in [1.29, 1.82) is 0 Å². The van der Waals surface area contributed by atoms with Crippen molar-refractivity contribution in [2.75, 3.05) is 33.4 Å². The first-order valence-corrected chi connectivity index (χ1v) is 9.07. The van der Waals surface area contributed by atoms with Gasteiger partial charge in [0.15, 0.2) is 0 Å². The number of piperazine rings is 1. The minimum atomic E-state index is -3.33. The predicted molar refractivity (Wildman–Crippen MR) is 80.6 cm³/mol. The van der Waals surface area contributed by atoms with E-state index in [0.29, 0.717) is 23.9 Å². The molecule has 0 amide bonds. The second-order valence-electron chi connectivity index (χ2n) is 5.18. The second-order valence-corrected chi connectivity index (χ2v) is 8.30. The molecule has 0 bridgehead atoms. The molecule has 1 aliphatic rings. The Morgan fingerprint density at radius 3 is 2.50 bits per heavy atom. The first kappa shape index (κ1) is 15.9. The van der Waals surface area contributed by atoms with Crippen molar-refractivity contribution < 1.29 is 13.2 Å². The number of thiophene rings is 1. The van der Waals surface area contributed by atoms with Gasteiger partial charge in [0.2, 0.25) is 0 Å². The number of hydrogen-bond donors (Lipinski definition) is 0. The maximum atomic E-state index is 12.6. The van der Waals surface area contributed by atoms with E-state index < -0.39 is 10.0 Å². The fraction of sp³-hybridized carbons (Fsp3) is 0.692. The minimum absolute atomic E-state index is 0.198. The van der Waals surface area contributed by atoms with Crippen LogP contribution in [0.4, 0.5) is 0 Å². The molecule has 2 atom stereocenters. The van der Waals surface area contributed by atoms with E-state index in [4.69, 9.17) is 4.74 Å². The lowest BCUT2D eigenvalue weighted by molar-refractivity contribution is 0.0496. The molecule has 0 N–H and O–H groups in total. The van der Waals surface area contributed by atoms with Crippen molar-refractivity contribution in [1.82, 2.24) is 9.21 Å². The standard InChI is InChI=1S/C13H22N2O3S2/c1-11-9-14(10-12(2)15(11)6-7-18-3)20(16,17)13-5-4-8-19-13/h4-5,8,11-12H,6-7,9-10H2,1-3H3. The molecule has 114 valence electrons. The van der Waals surface area contributed by atoms with E-state index in [2.05, 4.69) is 18.7 Å². The van der Waals surface area contributed by atoms with Crippen LogP contribution in [-0.4, -0.2) is 63.1 Å². The van der Waals surface area contributed by atoms with Gasteiger partial charge in [-0.3, -0.25) is 4.90 Å². The molecule has 0 saturated carbocycles. The van der Waals surface area contributed by atoms with Crippen LogP contribution in [0.3, 0.4) is 0 Å². The van der Waals surface area contributed by atoms with Crippen molar-refractivity contribution in [3.8, 4) is 0 Å². The molecule has 0 aliphatic carbocycles. The number of rotatable bonds is 5. The Bertz CT molecular complexity index is 504. The van der Waals surface area contributed by atoms with Crippen molar-refractivity contribution in [2.45, 2.75) is 30.1 Å². The maximum Gasteiger partial charge on any atom is 0.252 e. The van der Waals surface area contributed by atoms with Gasteiger partial charge in [-0.05, 0) is 25.3 Å². The molecule has 1 fully saturated rings. The molecular formula is C13H22N2O3S2. The van der Waals surface area contributed by atoms with Gasteiger partial charge in [-0.1, -0.05) is 6.07 Å². The summed E-state index contributed by atoms with van der Waals surface area (Å²) >= 11 is 1.28. The molecule has 20 heavy (non-hydrogen) atoms. The topological polar surface area (TPSA) is 49.9 Å². The third kappa shape index (κ3) is 3.23. The average molecular weight is 318 g/mol. The zero-order valence-corrected chi connectivity index (χ0v) is 13.8. The third-order valence-corrected chi connectivity index (χ3v) is 6.92. The van der Waals surface area contributed by atoms with E-state index in [1.807, 2.05) is 0 Å². The third-order valence-electron chi connectivity index (χ3n) is 3.71. The van der Waals surface area contributed by atoms with Gasteiger partial charge in [0.05, 0.1) is 6.61 Å². The number of hydrogen-bond acceptors (Lipinski definition) is 5. The van der Waals surface area contributed by atoms with Gasteiger partial charge in [0, 0.05) is 38.8 Å². The van der Waals surface area contributed by atoms with E-state index in [1.165, 1.54) is 11.3 Å². The van der Waals surface area contributed by atoms with E-state index >= 15 is 0 Å². The molecule has 5 nitrogen and oxygen atoms in total. The summed E-state index contributed by atoms with van der Waals surface area (Å²) < 4.78 is 32.3. The van der Waals surface area contributed by atoms with Crippen LogP contribution >= 0.6 is 11.3 Å². The summed E-state index contributed by atoms with van der Waals surface area (Å²) in [5.41, 5.74) is 0. The van der Waals surface area contributed by atoms with Gasteiger partial charge >= 0.3 is 0 Å². The molecule has 1 saturated heterocycles. The van der Waals surface area contributed by atoms with Crippen molar-refractivity contribution in [2.24, 2.45) is 0 Å². The largest absolute Gasteiger partial charge is 0.383 e. The van der Waals surface area contributed by atoms with Gasteiger partial charge in [-0.25, -0.2) is 8.42 Å². The summed E-state index contributed by atoms with van der Waals surface area (Å²) in [6.07, 6.45) is 0. The quantitative estimate of drug-likeness (QED) is 0.825. The Labute approximate surface area is 125 Å². The molecule has 2 rings (SSSR count). The molecule has 0 aromatic carbocycles. The van der Waals surface area contributed by atoms with Gasteiger partial charge in [0.1, 0.15) is 4.21 Å². The van der Waals surface area contributed by atoms with E-state index in [1.54, 1.807) is 28.9 Å². The van der Waals surface area contributed by atoms with Crippen LogP contribution in [-0.2, 0) is 14.8 Å². The highest BCUT2D eigenvalue weighted by molar-refractivity contribution is 7.91. The van der Waals surface area contributed by atoms with Crippen molar-refractivity contribution in [3.05, 3.63) is 17.5 Å². The molecule has 2 heterocycles. The van der Waals surface area contributed by atoms with E-state index in [0.717, 1.165) is 6.54 Å². The normalized spacial score (nSPS) is 25.9. The summed E-state index contributed by atoms with van der Waals surface area (Å²) in [4.78, 5) is 2.31. The van der Waals surface area contributed by atoms with Gasteiger partial charge in [0.25, 0.3) is 10.0 Å². The highest BCUT2D eigenvalue weighted by atomic mass is 32.2. The Balaban J connectivity index is 2.11. The first-order valence-electron chi connectivity index (χ1n) is 6.75. The lowest BCUT2D eigenvalue weighted by Crippen LogP contribution is -2.58. The molecular weight excluding hydrogens is 296 g/mol. The minimum Gasteiger partial charge on any atom is -0.383 e. The Hall–Kier alpha value is -0.470. The van der Waals surface area contributed by atoms with Crippen molar-refractivity contribution in [3.63, 3.8) is 0 Å². The van der Waals surface area contributed by atoms with Crippen LogP contribution in [0.2, 0.25) is 0 Å². The summed E-state index contributed by atoms with van der Waals surface area (Å²) in [5.74, 6) is 0. The Morgan fingerprint density at radius 2 is 2.00 bits per heavy atom. The van der Waals surface area contributed by atoms with Crippen LogP contribution in [0.1, 0.15) is 13.8 Å². The number of sulfonamides is 1. The van der Waals surface area contributed by atoms with E-state index in [9.17, 15) is 8.42 Å². The fourth-order valence-electron chi connectivity index (χ4n) is 2.68. The zero-order chi connectivity index (χ0) is 14.8. The average Bonchev–Trinajstić information content (AvgIpc) is 2.92. The molecule has 1 aromatic rings. The number of ether oxygens (including phenoxy) is 1. The fourth-order valence-corrected chi connectivity index (χ4v) is 5.43. The second kappa shape index (κ2) is 6.53. The lowest BCUT2D eigenvalue weighted by atomic mass is 10.1. The van der Waals surface area contributed by atoms with Crippen LogP contribution in [0, 0.1) is 0 Å². The van der Waals surface area contributed by atoms with Crippen LogP contribution in [0.5, 0.6) is 0 Å². The molecule has 1 aromatic heterocycles. The van der Waals surface area contributed by atoms with Crippen LogP contribution in [0.15, 0.2) is 21.7 Å². The first-order chi connectivity index (χ1) is 9.46. The Morgan fingerprint density at radius 1 is 1.35 bits per heavy atom. The molecule has 0 spiro atoms. The summed E-state index contributed by atoms with van der Waals surface area (Å²) in [6.45, 7) is 6.73. The molecule has 2 unspecified atom stereocenters. The number of methoxy groups -OCH3 is 1. The van der Waals surface area contributed by atoms with E-state index in [-0.39, 0.29) is 12.1 Å². The smallest absolute Gasteiger partial charge is 0.252 e. The highest BCUT2D eigenvalue weighted by Gasteiger charge is 2.36. The van der Waals surface area contributed by atoms with Gasteiger partial charge < -0.3 is 4.74 Å². The van der Waals surface area contributed by atoms with Crippen LogP contribution < -0.4 is 0 Å². The van der Waals surface area contributed by atoms with Gasteiger partial charge in [-0.2, -0.15) is 4.31 Å². The lowest BCUT2D eigenvalue weighted by Gasteiger charge is -2.43. The van der Waals surface area contributed by atoms with Crippen molar-refractivity contribution >= 4 is 21.4 Å². The Kier molecular flexibility index (Phi) is 5.19. The SMILES string of the molecule is COCCN1C(C)CN(S(=O)(=O)c2cccs2)CC1C. The summed E-state index contributed by atoms with van der Waals surface area (Å²) in [6, 6.07) is 3.85. The molecule has 7 heteroatoms. The predicted octanol–water partition coefficient (Wildman–Crippen LogP) is 1.48. The molecule has 0 radical (unpaired) electrons. The van der Waals surface area contributed by atoms with Crippen LogP contribution in [0.25, 0.3) is 0 Å².